The van der Waals surface area contributed by atoms with Gasteiger partial charge in [-0.3, -0.25) is 0 Å². The quantitative estimate of drug-likeness (QED) is 0.00957. The van der Waals surface area contributed by atoms with Crippen LogP contribution in [0.3, 0.4) is 0 Å². The molecule has 0 saturated heterocycles. The molecule has 14 N–H and O–H groups in total. The first-order valence-corrected chi connectivity index (χ1v) is 50.2. The maximum Gasteiger partial charge on any atom is 0.492 e. The summed E-state index contributed by atoms with van der Waals surface area (Å²) in [6, 6.07) is 41.6. The van der Waals surface area contributed by atoms with E-state index in [1.165, 1.54) is 0 Å². The van der Waals surface area contributed by atoms with Gasteiger partial charge < -0.3 is 104 Å². The molecule has 2 aliphatic heterocycles. The summed E-state index contributed by atoms with van der Waals surface area (Å²) in [5.41, 5.74) is 13.4. The van der Waals surface area contributed by atoms with Crippen molar-refractivity contribution in [2.45, 2.75) is 153 Å². The highest BCUT2D eigenvalue weighted by Crippen LogP contribution is 2.41. The molecule has 0 fully saturated rings. The summed E-state index contributed by atoms with van der Waals surface area (Å²) < 4.78 is 29.3. The van der Waals surface area contributed by atoms with E-state index in [1.807, 2.05) is 48.5 Å². The molecule has 0 radical (unpaired) electrons. The number of aromatic nitrogens is 4. The Hall–Kier alpha value is -7.09. The van der Waals surface area contributed by atoms with Gasteiger partial charge in [0.05, 0.1) is 158 Å². The van der Waals surface area contributed by atoms with E-state index in [0.29, 0.717) is 52.1 Å². The van der Waals surface area contributed by atoms with Crippen LogP contribution in [-0.2, 0) is 0 Å². The Morgan fingerprint density at radius 2 is 0.457 bits per heavy atom. The number of hydrogen-bond donors (Lipinski definition) is 14. The van der Waals surface area contributed by atoms with Crippen molar-refractivity contribution >= 4 is 81.6 Å². The van der Waals surface area contributed by atoms with Crippen LogP contribution < -0.4 is 18.9 Å². The van der Waals surface area contributed by atoms with Gasteiger partial charge in [-0.05, 0) is 222 Å². The minimum atomic E-state index is -4.06. The Kier molecular flexibility index (Phi) is 34.6. The molecule has 3 aromatic heterocycles. The number of nitrogens with zero attached hydrogens (tertiary/aromatic N) is 6. The van der Waals surface area contributed by atoms with E-state index in [2.05, 4.69) is 163 Å². The standard InChI is InChI=1S/C88H134N8O16Si4/c1-93(2,53-29-61-113(97,98)99)49-17-9-13-21-57-109-73-37-25-33-69(65-73)85-77-41-43-79(89-77)86(70-34-26-38-74(66-70)110-58-22-14-10-18-50-94(3,4)54-30-62-114(100,101)102)81-45-47-83(91-81)88(72-36-28-40-76(68-72)112-60-24-16-12-20-52-96(7,8)56-32-64-116(106,107)108)84-48-46-82(92-84)87(80-44-42-78(85)90-80)71-35-27-39-75(67-71)111-59-23-15-11-19-51-95(5,6)55-31-63-115(103,104)105/h25-28,33-48,65-68,89,92,97-108H,9-24,29-32,49-64H2,1-8H3/q+4. The summed E-state index contributed by atoms with van der Waals surface area (Å²) in [5, 5.41) is 0. The molecule has 9 rings (SSSR count). The van der Waals surface area contributed by atoms with Crippen LogP contribution in [0.5, 0.6) is 23.0 Å². The van der Waals surface area contributed by atoms with E-state index in [1.54, 1.807) is 0 Å². The van der Waals surface area contributed by atoms with E-state index in [-0.39, 0.29) is 24.2 Å². The molecule has 0 spiro atoms. The number of aromatic amines is 2. The van der Waals surface area contributed by atoms with Crippen LogP contribution >= 0.6 is 0 Å². The molecule has 0 aliphatic carbocycles. The number of quaternary nitrogens is 4. The number of ether oxygens (including phenoxy) is 4. The Labute approximate surface area is 691 Å². The van der Waals surface area contributed by atoms with Crippen LogP contribution in [0.1, 0.15) is 151 Å². The highest BCUT2D eigenvalue weighted by atomic mass is 28.4. The number of hydrogen-bond acceptors (Lipinski definition) is 18. The smallest absolute Gasteiger partial charge is 0.492 e. The third kappa shape index (κ3) is 32.2. The van der Waals surface area contributed by atoms with Gasteiger partial charge in [0, 0.05) is 94.2 Å². The first kappa shape index (κ1) is 92.8. The van der Waals surface area contributed by atoms with Crippen molar-refractivity contribution in [1.82, 2.24) is 19.9 Å². The monoisotopic (exact) mass is 1670 g/mol. The summed E-state index contributed by atoms with van der Waals surface area (Å²) in [5.74, 6) is 2.94. The Balaban J connectivity index is 1.07. The maximum atomic E-state index is 9.55. The van der Waals surface area contributed by atoms with Crippen LogP contribution in [0, 0.1) is 0 Å². The summed E-state index contributed by atoms with van der Waals surface area (Å²) in [6.45, 7) is 8.92. The van der Waals surface area contributed by atoms with Gasteiger partial charge in [-0.2, -0.15) is 0 Å². The van der Waals surface area contributed by atoms with Crippen molar-refractivity contribution in [3.05, 3.63) is 144 Å². The average Bonchev–Trinajstić information content (AvgIpc) is 1.61. The fourth-order valence-electron chi connectivity index (χ4n) is 15.6. The second kappa shape index (κ2) is 43.2. The number of rotatable bonds is 52. The maximum absolute atomic E-state index is 9.55. The van der Waals surface area contributed by atoms with Crippen LogP contribution in [0.15, 0.2) is 121 Å². The van der Waals surface area contributed by atoms with Crippen molar-refractivity contribution in [3.8, 4) is 67.5 Å². The van der Waals surface area contributed by atoms with Crippen LogP contribution in [-0.4, -0.2) is 266 Å². The third-order valence-corrected chi connectivity index (χ3v) is 26.2. The first-order chi connectivity index (χ1) is 54.9. The lowest BCUT2D eigenvalue weighted by molar-refractivity contribution is -0.890. The van der Waals surface area contributed by atoms with Crippen molar-refractivity contribution in [1.29, 1.82) is 0 Å². The second-order valence-corrected chi connectivity index (χ2v) is 42.9. The topological polar surface area (TPSA) is 337 Å². The number of fused-ring (bicyclic) bond motifs is 8. The molecule has 0 unspecified atom stereocenters. The fraction of sp³-hybridized carbons (Fsp3) is 0.500. The highest BCUT2D eigenvalue weighted by Gasteiger charge is 2.32. The van der Waals surface area contributed by atoms with Crippen molar-refractivity contribution in [2.75, 3.05) is 135 Å². The molecule has 0 amide bonds. The highest BCUT2D eigenvalue weighted by molar-refractivity contribution is 6.57. The lowest BCUT2D eigenvalue weighted by Gasteiger charge is -2.30. The number of H-pyrrole nitrogens is 2. The molecule has 7 aromatic rings. The molecule has 28 heteroatoms. The zero-order valence-electron chi connectivity index (χ0n) is 70.0. The number of nitrogens with one attached hydrogen (secondary N) is 2. The fourth-order valence-corrected chi connectivity index (χ4v) is 18.1. The Morgan fingerprint density at radius 3 is 0.664 bits per heavy atom. The molecule has 4 aromatic carbocycles. The van der Waals surface area contributed by atoms with Gasteiger partial charge in [0.15, 0.2) is 0 Å². The Bertz CT molecular complexity index is 3940. The number of unbranched alkanes of at least 4 members (excludes halogenated alkanes) is 12. The van der Waals surface area contributed by atoms with E-state index in [4.69, 9.17) is 28.9 Å². The van der Waals surface area contributed by atoms with Gasteiger partial charge in [0.1, 0.15) is 23.0 Å². The SMILES string of the molecule is C[N+](C)(CCCCCCOc1cccc(-c2c3nc(c(-c4cccc(OCCCCCC[N+](C)(C)CCC[Si](O)(O)O)c4)c4ccc([nH]4)c(-c4cccc(OCCCCCC[N+](C)(C)CCC[Si](O)(O)O)c4)c4nc(c(-c5cccc(OCCCCCC[N+](C)(C)CCC[Si](O)(O)O)c5)c5ccc2[nH]5)C=C4)C=C3)c1)CCC[Si](O)(O)O. The normalized spacial score (nSPS) is 13.1. The molecule has 8 bridgehead atoms. The van der Waals surface area contributed by atoms with E-state index >= 15 is 0 Å². The molecular weight excluding hydrogens is 1540 g/mol. The van der Waals surface area contributed by atoms with E-state index in [9.17, 15) is 57.5 Å². The average molecular weight is 1670 g/mol. The molecule has 634 valence electrons. The lowest BCUT2D eigenvalue weighted by atomic mass is 10.0. The minimum absolute atomic E-state index is 0.0454. The first-order valence-electron chi connectivity index (χ1n) is 42.0. The van der Waals surface area contributed by atoms with Gasteiger partial charge in [0.2, 0.25) is 0 Å². The number of benzene rings is 4. The predicted octanol–water partition coefficient (Wildman–Crippen LogP) is 12.6. The van der Waals surface area contributed by atoms with Gasteiger partial charge in [-0.15, -0.1) is 0 Å². The van der Waals surface area contributed by atoms with Crippen molar-refractivity contribution in [3.63, 3.8) is 0 Å². The zero-order valence-corrected chi connectivity index (χ0v) is 74.0. The largest absolute Gasteiger partial charge is 0.494 e. The van der Waals surface area contributed by atoms with Crippen molar-refractivity contribution < 1.29 is 94.4 Å². The second-order valence-electron chi connectivity index (χ2n) is 34.7. The van der Waals surface area contributed by atoms with Gasteiger partial charge in [-0.1, -0.05) is 48.5 Å². The summed E-state index contributed by atoms with van der Waals surface area (Å²) in [4.78, 5) is 134. The summed E-state index contributed by atoms with van der Waals surface area (Å²) in [7, 11) is 0.903. The molecule has 24 nitrogen and oxygen atoms in total. The third-order valence-electron chi connectivity index (χ3n) is 22.1. The molecule has 0 saturated carbocycles. The van der Waals surface area contributed by atoms with Gasteiger partial charge in [-0.25, -0.2) is 9.97 Å². The molecule has 0 atom stereocenters. The van der Waals surface area contributed by atoms with E-state index in [0.717, 1.165) is 285 Å². The van der Waals surface area contributed by atoms with Crippen molar-refractivity contribution in [2.24, 2.45) is 0 Å². The molecule has 5 heterocycles. The summed E-state index contributed by atoms with van der Waals surface area (Å²) in [6.07, 6.45) is 26.2. The Morgan fingerprint density at radius 1 is 0.259 bits per heavy atom. The predicted molar refractivity (Wildman–Crippen MR) is 471 cm³/mol. The van der Waals surface area contributed by atoms with Crippen LogP contribution in [0.25, 0.3) is 90.9 Å². The molecule has 2 aliphatic rings. The minimum Gasteiger partial charge on any atom is -0.494 e. The van der Waals surface area contributed by atoms with Crippen LogP contribution in [0.2, 0.25) is 24.2 Å². The summed E-state index contributed by atoms with van der Waals surface area (Å²) >= 11 is 0. The molecule has 116 heavy (non-hydrogen) atoms. The van der Waals surface area contributed by atoms with Gasteiger partial charge >= 0.3 is 35.2 Å². The lowest BCUT2D eigenvalue weighted by Crippen LogP contribution is -2.43. The van der Waals surface area contributed by atoms with Crippen LogP contribution in [0.4, 0.5) is 0 Å². The molecular formula is C88H134N8O16Si4+4. The van der Waals surface area contributed by atoms with E-state index < -0.39 is 35.2 Å². The zero-order chi connectivity index (χ0) is 83.6. The van der Waals surface area contributed by atoms with Gasteiger partial charge in [0.25, 0.3) is 0 Å².